The molecule has 0 spiro atoms. The van der Waals surface area contributed by atoms with Crippen molar-refractivity contribution in [1.82, 2.24) is 4.31 Å². The molecule has 3 atom stereocenters. The molecule has 0 saturated carbocycles. The normalized spacial score (nSPS) is 23.4. The Kier molecular flexibility index (Phi) is 5.86. The molecule has 0 unspecified atom stereocenters. The molecule has 5 rings (SSSR count). The Morgan fingerprint density at radius 2 is 1.62 bits per heavy atom. The molecule has 6 heteroatoms. The molecule has 0 aliphatic carbocycles. The number of rotatable bonds is 5. The fraction of sp³-hybridized carbons (Fsp3) is 0.308. The number of fused-ring (bicyclic) bond motifs is 1. The third kappa shape index (κ3) is 4.00. The molecule has 2 heterocycles. The zero-order valence-electron chi connectivity index (χ0n) is 18.1. The van der Waals surface area contributed by atoms with Crippen molar-refractivity contribution in [1.29, 1.82) is 0 Å². The van der Waals surface area contributed by atoms with Crippen LogP contribution in [0.4, 0.5) is 5.69 Å². The highest BCUT2D eigenvalue weighted by Gasteiger charge is 2.52. The van der Waals surface area contributed by atoms with E-state index in [1.54, 1.807) is 16.4 Å². The first kappa shape index (κ1) is 21.7. The lowest BCUT2D eigenvalue weighted by molar-refractivity contribution is 0.362. The summed E-state index contributed by atoms with van der Waals surface area (Å²) in [5, 5.41) is 0. The smallest absolute Gasteiger partial charge is 0.243 e. The molecule has 3 aromatic rings. The molecular weight excluding hydrogens is 484 g/mol. The highest BCUT2D eigenvalue weighted by molar-refractivity contribution is 9.10. The van der Waals surface area contributed by atoms with Gasteiger partial charge in [0.1, 0.15) is 0 Å². The van der Waals surface area contributed by atoms with Crippen LogP contribution >= 0.6 is 15.9 Å². The molecule has 0 radical (unpaired) electrons. The summed E-state index contributed by atoms with van der Waals surface area (Å²) in [6.45, 7) is 3.51. The van der Waals surface area contributed by atoms with Crippen molar-refractivity contribution < 1.29 is 8.42 Å². The first-order valence-electron chi connectivity index (χ1n) is 11.1. The van der Waals surface area contributed by atoms with Crippen LogP contribution in [0.5, 0.6) is 0 Å². The number of hydrogen-bond donors (Lipinski definition) is 0. The Hall–Kier alpha value is -2.15. The number of benzene rings is 3. The summed E-state index contributed by atoms with van der Waals surface area (Å²) in [5.41, 5.74) is 3.39. The molecule has 2 fully saturated rings. The highest BCUT2D eigenvalue weighted by atomic mass is 79.9. The molecule has 0 bridgehead atoms. The van der Waals surface area contributed by atoms with Gasteiger partial charge in [0.2, 0.25) is 10.0 Å². The molecule has 2 aliphatic rings. The van der Waals surface area contributed by atoms with Crippen molar-refractivity contribution in [2.75, 3.05) is 18.0 Å². The van der Waals surface area contributed by atoms with E-state index < -0.39 is 10.0 Å². The van der Waals surface area contributed by atoms with Crippen molar-refractivity contribution in [3.8, 4) is 0 Å². The first-order chi connectivity index (χ1) is 15.4. The fourth-order valence-electron chi connectivity index (χ4n) is 5.27. The first-order valence-corrected chi connectivity index (χ1v) is 13.3. The second-order valence-corrected chi connectivity index (χ2v) is 11.7. The number of aryl methyl sites for hydroxylation is 1. The van der Waals surface area contributed by atoms with Crippen molar-refractivity contribution in [3.63, 3.8) is 0 Å². The summed E-state index contributed by atoms with van der Waals surface area (Å²) >= 11 is 3.53. The van der Waals surface area contributed by atoms with Gasteiger partial charge in [-0.1, -0.05) is 64.0 Å². The van der Waals surface area contributed by atoms with E-state index >= 15 is 0 Å². The largest absolute Gasteiger partial charge is 0.367 e. The van der Waals surface area contributed by atoms with Gasteiger partial charge in [-0.25, -0.2) is 8.42 Å². The molecule has 0 aromatic heterocycles. The maximum absolute atomic E-state index is 13.8. The predicted molar refractivity (Wildman–Crippen MR) is 132 cm³/mol. The summed E-state index contributed by atoms with van der Waals surface area (Å²) in [4.78, 5) is 2.81. The van der Waals surface area contributed by atoms with Crippen molar-refractivity contribution >= 4 is 31.6 Å². The van der Waals surface area contributed by atoms with Gasteiger partial charge in [0.05, 0.1) is 10.9 Å². The van der Waals surface area contributed by atoms with Gasteiger partial charge in [0.15, 0.2) is 0 Å². The Morgan fingerprint density at radius 3 is 2.31 bits per heavy atom. The number of halogens is 1. The minimum Gasteiger partial charge on any atom is -0.367 e. The number of sulfonamides is 1. The van der Waals surface area contributed by atoms with Crippen LogP contribution in [-0.2, 0) is 16.4 Å². The van der Waals surface area contributed by atoms with E-state index in [0.717, 1.165) is 28.7 Å². The lowest BCUT2D eigenvalue weighted by Gasteiger charge is -2.34. The van der Waals surface area contributed by atoms with Crippen LogP contribution in [-0.4, -0.2) is 37.9 Å². The van der Waals surface area contributed by atoms with E-state index in [0.29, 0.717) is 23.8 Å². The Morgan fingerprint density at radius 1 is 0.938 bits per heavy atom. The van der Waals surface area contributed by atoms with E-state index in [1.807, 2.05) is 37.3 Å². The van der Waals surface area contributed by atoms with Crippen LogP contribution in [0, 0.1) is 12.8 Å². The predicted octanol–water partition coefficient (Wildman–Crippen LogP) is 5.27. The van der Waals surface area contributed by atoms with Crippen molar-refractivity contribution in [3.05, 3.63) is 94.5 Å². The SMILES string of the molecule is Cc1ccc(S(=O)(=O)N2C[C@H]3CCN(c4ccc(Br)cc4)[C@H]3[C@@H]2Cc2ccccc2)cc1. The number of anilines is 1. The van der Waals surface area contributed by atoms with E-state index in [-0.39, 0.29) is 12.1 Å². The van der Waals surface area contributed by atoms with Crippen molar-refractivity contribution in [2.24, 2.45) is 5.92 Å². The zero-order valence-corrected chi connectivity index (χ0v) is 20.5. The summed E-state index contributed by atoms with van der Waals surface area (Å²) in [6.07, 6.45) is 1.71. The summed E-state index contributed by atoms with van der Waals surface area (Å²) < 4.78 is 30.4. The van der Waals surface area contributed by atoms with Gasteiger partial charge in [0.25, 0.3) is 0 Å². The fourth-order valence-corrected chi connectivity index (χ4v) is 7.23. The molecule has 32 heavy (non-hydrogen) atoms. The van der Waals surface area contributed by atoms with Gasteiger partial charge < -0.3 is 4.90 Å². The topological polar surface area (TPSA) is 40.6 Å². The van der Waals surface area contributed by atoms with E-state index in [1.165, 1.54) is 5.56 Å². The van der Waals surface area contributed by atoms with Crippen LogP contribution in [0.3, 0.4) is 0 Å². The maximum atomic E-state index is 13.8. The van der Waals surface area contributed by atoms with Crippen LogP contribution in [0.15, 0.2) is 88.2 Å². The molecule has 0 amide bonds. The van der Waals surface area contributed by atoms with Gasteiger partial charge in [0, 0.05) is 29.3 Å². The Balaban J connectivity index is 1.54. The van der Waals surface area contributed by atoms with Crippen LogP contribution in [0.25, 0.3) is 0 Å². The lowest BCUT2D eigenvalue weighted by atomic mass is 9.95. The van der Waals surface area contributed by atoms with Gasteiger partial charge in [-0.15, -0.1) is 0 Å². The number of hydrogen-bond acceptors (Lipinski definition) is 3. The van der Waals surface area contributed by atoms with E-state index in [9.17, 15) is 8.42 Å². The van der Waals surface area contributed by atoms with Crippen LogP contribution < -0.4 is 4.90 Å². The molecular formula is C26H27BrN2O2S. The Labute approximate surface area is 199 Å². The second-order valence-electron chi connectivity index (χ2n) is 8.85. The van der Waals surface area contributed by atoms with Crippen molar-refractivity contribution in [2.45, 2.75) is 36.7 Å². The standard InChI is InChI=1S/C26H27BrN2O2S/c1-19-7-13-24(14-8-19)32(30,31)29-18-21-15-16-28(23-11-9-22(27)10-12-23)26(21)25(29)17-20-5-3-2-4-6-20/h2-14,21,25-26H,15-18H2,1H3/t21-,25+,26-/m1/s1. The average molecular weight is 511 g/mol. The van der Waals surface area contributed by atoms with E-state index in [2.05, 4.69) is 57.2 Å². The summed E-state index contributed by atoms with van der Waals surface area (Å²) in [6, 6.07) is 25.9. The lowest BCUT2D eigenvalue weighted by Crippen LogP contribution is -2.47. The third-order valence-corrected chi connectivity index (χ3v) is 9.27. The summed E-state index contributed by atoms with van der Waals surface area (Å²) in [7, 11) is -3.58. The molecule has 166 valence electrons. The molecule has 3 aromatic carbocycles. The van der Waals surface area contributed by atoms with E-state index in [4.69, 9.17) is 0 Å². The second kappa shape index (κ2) is 8.65. The molecule has 2 saturated heterocycles. The highest BCUT2D eigenvalue weighted by Crippen LogP contribution is 2.42. The summed E-state index contributed by atoms with van der Waals surface area (Å²) in [5.74, 6) is 0.326. The quantitative estimate of drug-likeness (QED) is 0.469. The minimum absolute atomic E-state index is 0.111. The molecule has 2 aliphatic heterocycles. The average Bonchev–Trinajstić information content (AvgIpc) is 3.36. The monoisotopic (exact) mass is 510 g/mol. The van der Waals surface area contributed by atoms with Gasteiger partial charge in [-0.3, -0.25) is 0 Å². The minimum atomic E-state index is -3.58. The number of nitrogens with zero attached hydrogens (tertiary/aromatic N) is 2. The Bertz CT molecular complexity index is 1180. The van der Waals surface area contributed by atoms with Gasteiger partial charge in [-0.2, -0.15) is 4.31 Å². The molecule has 0 N–H and O–H groups in total. The van der Waals surface area contributed by atoms with Gasteiger partial charge in [-0.05, 0) is 67.6 Å². The van der Waals surface area contributed by atoms with Gasteiger partial charge >= 0.3 is 0 Å². The van der Waals surface area contributed by atoms with Crippen LogP contribution in [0.1, 0.15) is 17.5 Å². The molecule has 4 nitrogen and oxygen atoms in total. The third-order valence-electron chi connectivity index (χ3n) is 6.84. The maximum Gasteiger partial charge on any atom is 0.243 e. The van der Waals surface area contributed by atoms with Crippen LogP contribution in [0.2, 0.25) is 0 Å². The zero-order chi connectivity index (χ0) is 22.3.